The predicted molar refractivity (Wildman–Crippen MR) is 321 cm³/mol. The first-order valence-electron chi connectivity index (χ1n) is 31.6. The molecule has 0 radical (unpaired) electrons. The van der Waals surface area contributed by atoms with Gasteiger partial charge >= 0.3 is 17.9 Å². The van der Waals surface area contributed by atoms with Crippen LogP contribution in [0.3, 0.4) is 0 Å². The lowest BCUT2D eigenvalue weighted by Crippen LogP contribution is -2.30. The molecule has 0 spiro atoms. The first-order valence-corrected chi connectivity index (χ1v) is 31.6. The molecule has 0 heterocycles. The highest BCUT2D eigenvalue weighted by atomic mass is 16.6. The van der Waals surface area contributed by atoms with E-state index < -0.39 is 6.10 Å². The molecule has 0 aliphatic rings. The van der Waals surface area contributed by atoms with Crippen molar-refractivity contribution in [1.82, 2.24) is 0 Å². The number of hydrogen-bond donors (Lipinski definition) is 0. The molecular weight excluding hydrogens is 913 g/mol. The van der Waals surface area contributed by atoms with Gasteiger partial charge in [0.05, 0.1) is 0 Å². The zero-order chi connectivity index (χ0) is 53.6. The van der Waals surface area contributed by atoms with Crippen LogP contribution in [-0.2, 0) is 28.6 Å². The van der Waals surface area contributed by atoms with Crippen molar-refractivity contribution in [2.75, 3.05) is 13.2 Å². The molecule has 0 aromatic rings. The number of carbonyl (C=O) groups excluding carboxylic acids is 3. The fourth-order valence-electron chi connectivity index (χ4n) is 8.89. The van der Waals surface area contributed by atoms with Crippen LogP contribution in [0.5, 0.6) is 0 Å². The predicted octanol–water partition coefficient (Wildman–Crippen LogP) is 21.5. The minimum absolute atomic E-state index is 0.103. The molecule has 1 atom stereocenters. The third-order valence-electron chi connectivity index (χ3n) is 13.6. The summed E-state index contributed by atoms with van der Waals surface area (Å²) in [6, 6.07) is 0. The van der Waals surface area contributed by atoms with Gasteiger partial charge in [0.15, 0.2) is 6.10 Å². The van der Waals surface area contributed by atoms with E-state index in [1.54, 1.807) is 0 Å². The van der Waals surface area contributed by atoms with Gasteiger partial charge in [-0.3, -0.25) is 14.4 Å². The Morgan fingerprint density at radius 1 is 0.284 bits per heavy atom. The second kappa shape index (κ2) is 62.1. The molecule has 0 aliphatic carbocycles. The SMILES string of the molecule is CC/C=C\C/C=C\C/C=C\C/C=C\CCC(=O)OCC(COC(=O)CCCCCCCCCCCCCCCCC/C=C\CCCCCCCCCC)OC(=O)CCCCCCC/C=C\C/C=C\CCCCCC. The van der Waals surface area contributed by atoms with Crippen LogP contribution in [-0.4, -0.2) is 37.2 Å². The number of allylic oxidation sites excluding steroid dienone is 14. The summed E-state index contributed by atoms with van der Waals surface area (Å²) < 4.78 is 16.8. The largest absolute Gasteiger partial charge is 0.462 e. The normalized spacial score (nSPS) is 12.6. The zero-order valence-electron chi connectivity index (χ0n) is 48.8. The minimum Gasteiger partial charge on any atom is -0.462 e. The van der Waals surface area contributed by atoms with E-state index >= 15 is 0 Å². The highest BCUT2D eigenvalue weighted by Crippen LogP contribution is 2.16. The van der Waals surface area contributed by atoms with Crippen LogP contribution in [0, 0.1) is 0 Å². The van der Waals surface area contributed by atoms with Gasteiger partial charge in [-0.25, -0.2) is 0 Å². The Bertz CT molecular complexity index is 1420. The highest BCUT2D eigenvalue weighted by molar-refractivity contribution is 5.71. The van der Waals surface area contributed by atoms with Crippen molar-refractivity contribution in [1.29, 1.82) is 0 Å². The van der Waals surface area contributed by atoms with Gasteiger partial charge in [-0.05, 0) is 103 Å². The Hall–Kier alpha value is -3.41. The minimum atomic E-state index is -0.813. The first-order chi connectivity index (χ1) is 36.5. The Morgan fingerprint density at radius 2 is 0.554 bits per heavy atom. The van der Waals surface area contributed by atoms with Gasteiger partial charge in [-0.15, -0.1) is 0 Å². The highest BCUT2D eigenvalue weighted by Gasteiger charge is 2.19. The molecule has 74 heavy (non-hydrogen) atoms. The summed E-state index contributed by atoms with van der Waals surface area (Å²) in [6.45, 7) is 6.46. The van der Waals surface area contributed by atoms with Crippen LogP contribution in [0.4, 0.5) is 0 Å². The summed E-state index contributed by atoms with van der Waals surface area (Å²) in [7, 11) is 0. The summed E-state index contributed by atoms with van der Waals surface area (Å²) in [4.78, 5) is 38.2. The van der Waals surface area contributed by atoms with Gasteiger partial charge in [-0.2, -0.15) is 0 Å². The Labute approximate surface area is 458 Å². The summed E-state index contributed by atoms with van der Waals surface area (Å²) in [5.41, 5.74) is 0. The van der Waals surface area contributed by atoms with Crippen molar-refractivity contribution in [3.63, 3.8) is 0 Å². The molecule has 0 aromatic heterocycles. The molecule has 426 valence electrons. The quantitative estimate of drug-likeness (QED) is 0.0261. The van der Waals surface area contributed by atoms with Gasteiger partial charge in [0.1, 0.15) is 13.2 Å². The maximum atomic E-state index is 12.9. The van der Waals surface area contributed by atoms with Crippen LogP contribution in [0.2, 0.25) is 0 Å². The van der Waals surface area contributed by atoms with Crippen molar-refractivity contribution in [2.45, 2.75) is 316 Å². The van der Waals surface area contributed by atoms with Gasteiger partial charge < -0.3 is 14.2 Å². The number of unbranched alkanes of at least 4 members (excludes halogenated alkanes) is 32. The average molecular weight is 1030 g/mol. The van der Waals surface area contributed by atoms with Crippen molar-refractivity contribution < 1.29 is 28.6 Å². The number of rotatable bonds is 57. The van der Waals surface area contributed by atoms with E-state index in [2.05, 4.69) is 99.8 Å². The van der Waals surface area contributed by atoms with Crippen molar-refractivity contribution >= 4 is 17.9 Å². The summed E-state index contributed by atoms with van der Waals surface area (Å²) in [5, 5.41) is 0. The molecule has 0 saturated heterocycles. The maximum absolute atomic E-state index is 12.9. The van der Waals surface area contributed by atoms with Crippen LogP contribution >= 0.6 is 0 Å². The van der Waals surface area contributed by atoms with Crippen LogP contribution < -0.4 is 0 Å². The molecule has 0 N–H and O–H groups in total. The fraction of sp³-hybridized carbons (Fsp3) is 0.750. The number of hydrogen-bond acceptors (Lipinski definition) is 6. The van der Waals surface area contributed by atoms with E-state index in [1.807, 2.05) is 6.08 Å². The van der Waals surface area contributed by atoms with Crippen molar-refractivity contribution in [2.24, 2.45) is 0 Å². The summed E-state index contributed by atoms with van der Waals surface area (Å²) >= 11 is 0. The summed E-state index contributed by atoms with van der Waals surface area (Å²) in [5.74, 6) is -0.993. The monoisotopic (exact) mass is 1030 g/mol. The lowest BCUT2D eigenvalue weighted by molar-refractivity contribution is -0.166. The molecule has 0 fully saturated rings. The van der Waals surface area contributed by atoms with Gasteiger partial charge in [0.25, 0.3) is 0 Å². The summed E-state index contributed by atoms with van der Waals surface area (Å²) in [6.07, 6.45) is 81.9. The van der Waals surface area contributed by atoms with Crippen LogP contribution in [0.15, 0.2) is 85.1 Å². The molecule has 0 bridgehead atoms. The lowest BCUT2D eigenvalue weighted by atomic mass is 10.0. The molecule has 6 heteroatoms. The average Bonchev–Trinajstić information content (AvgIpc) is 3.40. The molecular formula is C68H118O6. The zero-order valence-corrected chi connectivity index (χ0v) is 48.8. The van der Waals surface area contributed by atoms with Gasteiger partial charge in [0.2, 0.25) is 0 Å². The molecule has 0 aromatic carbocycles. The fourth-order valence-corrected chi connectivity index (χ4v) is 8.89. The van der Waals surface area contributed by atoms with E-state index in [4.69, 9.17) is 14.2 Å². The molecule has 1 unspecified atom stereocenters. The van der Waals surface area contributed by atoms with Crippen molar-refractivity contribution in [3.8, 4) is 0 Å². The van der Waals surface area contributed by atoms with Crippen LogP contribution in [0.25, 0.3) is 0 Å². The molecule has 0 rings (SSSR count). The van der Waals surface area contributed by atoms with Gasteiger partial charge in [-0.1, -0.05) is 273 Å². The maximum Gasteiger partial charge on any atom is 0.306 e. The molecule has 6 nitrogen and oxygen atoms in total. The second-order valence-corrected chi connectivity index (χ2v) is 20.9. The third-order valence-corrected chi connectivity index (χ3v) is 13.6. The molecule has 0 saturated carbocycles. The van der Waals surface area contributed by atoms with E-state index in [9.17, 15) is 14.4 Å². The van der Waals surface area contributed by atoms with E-state index in [-0.39, 0.29) is 37.5 Å². The number of esters is 3. The third kappa shape index (κ3) is 59.5. The smallest absolute Gasteiger partial charge is 0.306 e. The van der Waals surface area contributed by atoms with E-state index in [0.717, 1.165) is 89.9 Å². The Morgan fingerprint density at radius 3 is 0.932 bits per heavy atom. The van der Waals surface area contributed by atoms with Crippen LogP contribution in [0.1, 0.15) is 310 Å². The molecule has 0 aliphatic heterocycles. The van der Waals surface area contributed by atoms with Gasteiger partial charge in [0, 0.05) is 19.3 Å². The van der Waals surface area contributed by atoms with Crippen molar-refractivity contribution in [3.05, 3.63) is 85.1 Å². The number of carbonyl (C=O) groups is 3. The molecule has 0 amide bonds. The standard InChI is InChI=1S/C68H118O6/c1-4-7-10-13-16-19-22-25-27-29-30-31-32-33-34-35-36-37-38-39-41-43-46-49-52-55-58-61-67(70)73-64-65(63-72-66(69)60-57-54-51-48-45-42-24-21-18-15-12-9-6-3)74-68(71)62-59-56-53-50-47-44-40-28-26-23-20-17-14-11-8-5-2/h9,12,18,20-21,23,28-30,40,42,45,51,54,65H,4-8,10-11,13-17,19,22,24-27,31-39,41,43-44,46-50,52-53,55-64H2,1-3H3/b12-9-,21-18-,23-20-,30-29-,40-28-,45-42-,54-51-. The topological polar surface area (TPSA) is 78.9 Å². The van der Waals surface area contributed by atoms with E-state index in [0.29, 0.717) is 19.3 Å². The lowest BCUT2D eigenvalue weighted by Gasteiger charge is -2.18. The Balaban J connectivity index is 4.29. The second-order valence-electron chi connectivity index (χ2n) is 20.9. The Kier molecular flexibility index (Phi) is 59.3. The first kappa shape index (κ1) is 70.6. The number of ether oxygens (including phenoxy) is 3. The van der Waals surface area contributed by atoms with E-state index in [1.165, 1.54) is 173 Å².